The molecule has 0 bridgehead atoms. The third-order valence-electron chi connectivity index (χ3n) is 4.52. The summed E-state index contributed by atoms with van der Waals surface area (Å²) in [5.41, 5.74) is 0.190. The van der Waals surface area contributed by atoms with E-state index in [1.54, 1.807) is 7.11 Å². The fourth-order valence-corrected chi connectivity index (χ4v) is 3.22. The van der Waals surface area contributed by atoms with Crippen LogP contribution in [0.2, 0.25) is 0 Å². The number of hydrogen-bond acceptors (Lipinski definition) is 4. The maximum Gasteiger partial charge on any atom is 0.161 e. The highest BCUT2D eigenvalue weighted by molar-refractivity contribution is 5.90. The molecule has 0 saturated heterocycles. The van der Waals surface area contributed by atoms with Gasteiger partial charge in [-0.1, -0.05) is 6.07 Å². The van der Waals surface area contributed by atoms with Gasteiger partial charge in [0.2, 0.25) is 0 Å². The molecule has 2 aliphatic carbocycles. The Bertz CT molecular complexity index is 589. The number of hydrogen-bond donors (Lipinski definition) is 0. The SMILES string of the molecule is COc1ccc(C2(C#N)CC(=O)C2)cc1OC1CCCC1. The average molecular weight is 285 g/mol. The quantitative estimate of drug-likeness (QED) is 0.852. The number of nitriles is 1. The van der Waals surface area contributed by atoms with Crippen LogP contribution in [0.1, 0.15) is 44.1 Å². The van der Waals surface area contributed by atoms with Crippen LogP contribution in [0.25, 0.3) is 0 Å². The Balaban J connectivity index is 1.89. The molecule has 0 amide bonds. The molecule has 0 aliphatic heterocycles. The van der Waals surface area contributed by atoms with Crippen molar-refractivity contribution in [2.24, 2.45) is 0 Å². The van der Waals surface area contributed by atoms with Crippen molar-refractivity contribution < 1.29 is 14.3 Å². The van der Waals surface area contributed by atoms with E-state index >= 15 is 0 Å². The molecule has 0 radical (unpaired) electrons. The monoisotopic (exact) mass is 285 g/mol. The average Bonchev–Trinajstić information content (AvgIpc) is 2.96. The fraction of sp³-hybridized carbons (Fsp3) is 0.529. The Labute approximate surface area is 124 Å². The van der Waals surface area contributed by atoms with Gasteiger partial charge < -0.3 is 9.47 Å². The van der Waals surface area contributed by atoms with Gasteiger partial charge in [0.15, 0.2) is 11.5 Å². The zero-order valence-corrected chi connectivity index (χ0v) is 12.2. The Kier molecular flexibility index (Phi) is 3.59. The largest absolute Gasteiger partial charge is 0.493 e. The number of rotatable bonds is 4. The maximum absolute atomic E-state index is 11.3. The van der Waals surface area contributed by atoms with Crippen molar-refractivity contribution in [2.75, 3.05) is 7.11 Å². The van der Waals surface area contributed by atoms with Gasteiger partial charge in [0.05, 0.1) is 24.7 Å². The zero-order chi connectivity index (χ0) is 14.9. The molecule has 21 heavy (non-hydrogen) atoms. The third kappa shape index (κ3) is 2.49. The summed E-state index contributed by atoms with van der Waals surface area (Å²) in [5.74, 6) is 1.52. The van der Waals surface area contributed by atoms with Gasteiger partial charge in [-0.25, -0.2) is 0 Å². The molecule has 2 aliphatic rings. The lowest BCUT2D eigenvalue weighted by molar-refractivity contribution is -0.126. The smallest absolute Gasteiger partial charge is 0.161 e. The molecule has 110 valence electrons. The van der Waals surface area contributed by atoms with Crippen LogP contribution in [0.4, 0.5) is 0 Å². The van der Waals surface area contributed by atoms with Crippen LogP contribution in [0.3, 0.4) is 0 Å². The molecule has 4 heteroatoms. The van der Waals surface area contributed by atoms with E-state index in [4.69, 9.17) is 9.47 Å². The van der Waals surface area contributed by atoms with Crippen molar-refractivity contribution in [3.05, 3.63) is 23.8 Å². The molecule has 0 atom stereocenters. The molecule has 0 unspecified atom stereocenters. The van der Waals surface area contributed by atoms with Crippen molar-refractivity contribution in [3.63, 3.8) is 0 Å². The van der Waals surface area contributed by atoms with Gasteiger partial charge >= 0.3 is 0 Å². The highest BCUT2D eigenvalue weighted by atomic mass is 16.5. The first-order valence-electron chi connectivity index (χ1n) is 7.45. The van der Waals surface area contributed by atoms with Crippen LogP contribution in [-0.4, -0.2) is 19.0 Å². The van der Waals surface area contributed by atoms with Gasteiger partial charge in [-0.3, -0.25) is 4.79 Å². The van der Waals surface area contributed by atoms with Crippen LogP contribution in [0.5, 0.6) is 11.5 Å². The second-order valence-electron chi connectivity index (χ2n) is 5.98. The summed E-state index contributed by atoms with van der Waals surface area (Å²) in [6, 6.07) is 7.89. The van der Waals surface area contributed by atoms with Gasteiger partial charge in [-0.2, -0.15) is 5.26 Å². The molecule has 0 N–H and O–H groups in total. The third-order valence-corrected chi connectivity index (χ3v) is 4.52. The molecule has 0 heterocycles. The van der Waals surface area contributed by atoms with E-state index < -0.39 is 5.41 Å². The van der Waals surface area contributed by atoms with Gasteiger partial charge in [0, 0.05) is 12.8 Å². The lowest BCUT2D eigenvalue weighted by Gasteiger charge is -2.34. The first kappa shape index (κ1) is 13.9. The van der Waals surface area contributed by atoms with Crippen LogP contribution < -0.4 is 9.47 Å². The summed E-state index contributed by atoms with van der Waals surface area (Å²) < 4.78 is 11.4. The standard InChI is InChI=1S/C17H19NO3/c1-20-15-7-6-12(17(11-18)9-13(19)10-17)8-16(15)21-14-4-2-3-5-14/h6-8,14H,2-5,9-10H2,1H3. The summed E-state index contributed by atoms with van der Waals surface area (Å²) >= 11 is 0. The lowest BCUT2D eigenvalue weighted by Crippen LogP contribution is -2.40. The number of carbonyl (C=O) groups excluding carboxylic acids is 1. The van der Waals surface area contributed by atoms with E-state index in [1.807, 2.05) is 18.2 Å². The van der Waals surface area contributed by atoms with Crippen LogP contribution in [0.15, 0.2) is 18.2 Å². The van der Waals surface area contributed by atoms with Gasteiger partial charge in [-0.05, 0) is 43.4 Å². The number of ketones is 1. The van der Waals surface area contributed by atoms with Crippen LogP contribution in [0, 0.1) is 11.3 Å². The minimum Gasteiger partial charge on any atom is -0.493 e. The predicted octanol–water partition coefficient (Wildman–Crippen LogP) is 3.14. The topological polar surface area (TPSA) is 59.3 Å². The number of carbonyl (C=O) groups is 1. The summed E-state index contributed by atoms with van der Waals surface area (Å²) in [5, 5.41) is 9.44. The van der Waals surface area contributed by atoms with Crippen LogP contribution >= 0.6 is 0 Å². The maximum atomic E-state index is 11.3. The molecule has 2 fully saturated rings. The molecule has 2 saturated carbocycles. The number of Topliss-reactive ketones (excluding diaryl/α,β-unsaturated/α-hetero) is 1. The number of ether oxygens (including phenoxy) is 2. The molecule has 0 aromatic heterocycles. The Morgan fingerprint density at radius 3 is 2.52 bits per heavy atom. The minimum atomic E-state index is -0.670. The molecule has 0 spiro atoms. The van der Waals surface area contributed by atoms with E-state index in [0.29, 0.717) is 24.3 Å². The fourth-order valence-electron chi connectivity index (χ4n) is 3.22. The zero-order valence-electron chi connectivity index (χ0n) is 12.2. The minimum absolute atomic E-state index is 0.144. The molecule has 4 nitrogen and oxygen atoms in total. The summed E-state index contributed by atoms with van der Waals surface area (Å²) in [6.45, 7) is 0. The van der Waals surface area contributed by atoms with E-state index in [2.05, 4.69) is 6.07 Å². The predicted molar refractivity (Wildman–Crippen MR) is 77.4 cm³/mol. The first-order valence-corrected chi connectivity index (χ1v) is 7.45. The summed E-state index contributed by atoms with van der Waals surface area (Å²) in [4.78, 5) is 11.3. The van der Waals surface area contributed by atoms with Gasteiger partial charge in [0.25, 0.3) is 0 Å². The Morgan fingerprint density at radius 2 is 1.95 bits per heavy atom. The first-order chi connectivity index (χ1) is 10.2. The van der Waals surface area contributed by atoms with E-state index in [9.17, 15) is 10.1 Å². The van der Waals surface area contributed by atoms with E-state index in [1.165, 1.54) is 12.8 Å². The van der Waals surface area contributed by atoms with Gasteiger partial charge in [0.1, 0.15) is 5.78 Å². The van der Waals surface area contributed by atoms with E-state index in [-0.39, 0.29) is 11.9 Å². The second kappa shape index (κ2) is 5.40. The summed E-state index contributed by atoms with van der Waals surface area (Å²) in [7, 11) is 1.61. The highest BCUT2D eigenvalue weighted by Crippen LogP contribution is 2.44. The van der Waals surface area contributed by atoms with Crippen molar-refractivity contribution in [1.82, 2.24) is 0 Å². The van der Waals surface area contributed by atoms with Gasteiger partial charge in [-0.15, -0.1) is 0 Å². The number of benzene rings is 1. The normalized spacial score (nSPS) is 20.7. The molecular weight excluding hydrogens is 266 g/mol. The van der Waals surface area contributed by atoms with E-state index in [0.717, 1.165) is 18.4 Å². The van der Waals surface area contributed by atoms with Crippen molar-refractivity contribution in [1.29, 1.82) is 5.26 Å². The lowest BCUT2D eigenvalue weighted by atomic mass is 9.65. The highest BCUT2D eigenvalue weighted by Gasteiger charge is 2.45. The molecule has 1 aromatic carbocycles. The summed E-state index contributed by atoms with van der Waals surface area (Å²) in [6.07, 6.45) is 5.37. The molecule has 1 aromatic rings. The second-order valence-corrected chi connectivity index (χ2v) is 5.98. The van der Waals surface area contributed by atoms with Crippen LogP contribution in [-0.2, 0) is 10.2 Å². The number of nitrogens with zero attached hydrogens (tertiary/aromatic N) is 1. The number of methoxy groups -OCH3 is 1. The molecule has 3 rings (SSSR count). The van der Waals surface area contributed by atoms with Crippen molar-refractivity contribution in [3.8, 4) is 17.6 Å². The van der Waals surface area contributed by atoms with Crippen molar-refractivity contribution >= 4 is 5.78 Å². The molecular formula is C17H19NO3. The van der Waals surface area contributed by atoms with Crippen molar-refractivity contribution in [2.45, 2.75) is 50.0 Å². The Hall–Kier alpha value is -2.02. The Morgan fingerprint density at radius 1 is 1.24 bits per heavy atom.